The molecule has 3 aromatic carbocycles. The Morgan fingerprint density at radius 3 is 2.61 bits per heavy atom. The topological polar surface area (TPSA) is 75.1 Å². The average Bonchev–Trinajstić information content (AvgIpc) is 3.25. The van der Waals surface area contributed by atoms with Gasteiger partial charge in [0.05, 0.1) is 12.2 Å². The van der Waals surface area contributed by atoms with Crippen LogP contribution >= 0.6 is 11.6 Å². The van der Waals surface area contributed by atoms with E-state index in [4.69, 9.17) is 26.1 Å². The van der Waals surface area contributed by atoms with Crippen LogP contribution in [0.3, 0.4) is 0 Å². The first kappa shape index (κ1) is 22.8. The van der Waals surface area contributed by atoms with Crippen molar-refractivity contribution in [2.24, 2.45) is 4.99 Å². The summed E-state index contributed by atoms with van der Waals surface area (Å²) < 4.78 is 10.9. The highest BCUT2D eigenvalue weighted by atomic mass is 35.5. The molecule has 0 spiro atoms. The lowest BCUT2D eigenvalue weighted by atomic mass is 9.87. The van der Waals surface area contributed by atoms with Gasteiger partial charge in [-0.1, -0.05) is 62.7 Å². The molecule has 0 aliphatic carbocycles. The Labute approximate surface area is 199 Å². The number of fused-ring (bicyclic) bond motifs is 1. The van der Waals surface area contributed by atoms with E-state index >= 15 is 0 Å². The fourth-order valence-corrected chi connectivity index (χ4v) is 3.60. The van der Waals surface area contributed by atoms with Crippen LogP contribution in [0.2, 0.25) is 5.02 Å². The zero-order chi connectivity index (χ0) is 23.4. The van der Waals surface area contributed by atoms with Crippen LogP contribution in [-0.4, -0.2) is 17.9 Å². The number of phenols is 1. The highest BCUT2D eigenvalue weighted by Gasteiger charge is 2.17. The number of ether oxygens (including phenoxy) is 2. The molecule has 0 unspecified atom stereocenters. The van der Waals surface area contributed by atoms with E-state index in [1.54, 1.807) is 6.07 Å². The van der Waals surface area contributed by atoms with Gasteiger partial charge >= 0.3 is 0 Å². The molecule has 0 saturated heterocycles. The third-order valence-corrected chi connectivity index (χ3v) is 5.75. The Morgan fingerprint density at radius 1 is 1.03 bits per heavy atom. The SMILES string of the molecule is CC(C)(C)c1ccc(O)c(NC(=NCc2ccc3c(c2)OCO3)NCc2ccccc2Cl)c1. The summed E-state index contributed by atoms with van der Waals surface area (Å²) >= 11 is 6.33. The van der Waals surface area contributed by atoms with Crippen LogP contribution in [0.25, 0.3) is 0 Å². The minimum absolute atomic E-state index is 0.0566. The minimum Gasteiger partial charge on any atom is -0.506 e. The number of nitrogens with zero attached hydrogens (tertiary/aromatic N) is 1. The first-order valence-corrected chi connectivity index (χ1v) is 11.2. The smallest absolute Gasteiger partial charge is 0.231 e. The van der Waals surface area contributed by atoms with Crippen LogP contribution in [-0.2, 0) is 18.5 Å². The van der Waals surface area contributed by atoms with E-state index in [-0.39, 0.29) is 18.0 Å². The van der Waals surface area contributed by atoms with Crippen LogP contribution in [0, 0.1) is 0 Å². The summed E-state index contributed by atoms with van der Waals surface area (Å²) in [5, 5.41) is 17.7. The van der Waals surface area contributed by atoms with Crippen molar-refractivity contribution in [1.29, 1.82) is 0 Å². The molecular formula is C26H28ClN3O3. The lowest BCUT2D eigenvalue weighted by molar-refractivity contribution is 0.174. The molecule has 4 rings (SSSR count). The van der Waals surface area contributed by atoms with Gasteiger partial charge in [0.2, 0.25) is 6.79 Å². The maximum Gasteiger partial charge on any atom is 0.231 e. The number of aromatic hydroxyl groups is 1. The number of guanidine groups is 1. The van der Waals surface area contributed by atoms with Crippen molar-refractivity contribution in [2.45, 2.75) is 39.3 Å². The Hall–Kier alpha value is -3.38. The van der Waals surface area contributed by atoms with Crippen LogP contribution < -0.4 is 20.1 Å². The van der Waals surface area contributed by atoms with Gasteiger partial charge in [-0.2, -0.15) is 0 Å². The highest BCUT2D eigenvalue weighted by Crippen LogP contribution is 2.33. The summed E-state index contributed by atoms with van der Waals surface area (Å²) in [4.78, 5) is 4.74. The summed E-state index contributed by atoms with van der Waals surface area (Å²) in [6.45, 7) is 7.52. The second-order valence-electron chi connectivity index (χ2n) is 8.90. The molecule has 0 radical (unpaired) electrons. The summed E-state index contributed by atoms with van der Waals surface area (Å²) in [6, 6.07) is 19.0. The normalized spacial score (nSPS) is 13.2. The Morgan fingerprint density at radius 2 is 1.82 bits per heavy atom. The number of hydrogen-bond acceptors (Lipinski definition) is 4. The Balaban J connectivity index is 1.58. The molecule has 33 heavy (non-hydrogen) atoms. The average molecular weight is 466 g/mol. The fourth-order valence-electron chi connectivity index (χ4n) is 3.40. The molecule has 0 aromatic heterocycles. The van der Waals surface area contributed by atoms with E-state index in [0.717, 1.165) is 28.2 Å². The third-order valence-electron chi connectivity index (χ3n) is 5.38. The van der Waals surface area contributed by atoms with Crippen molar-refractivity contribution in [3.8, 4) is 17.2 Å². The van der Waals surface area contributed by atoms with E-state index in [1.807, 2.05) is 54.6 Å². The molecule has 3 aromatic rings. The molecular weight excluding hydrogens is 438 g/mol. The molecule has 0 fully saturated rings. The second-order valence-corrected chi connectivity index (χ2v) is 9.31. The molecule has 1 aliphatic heterocycles. The van der Waals surface area contributed by atoms with Crippen molar-refractivity contribution < 1.29 is 14.6 Å². The monoisotopic (exact) mass is 465 g/mol. The Kier molecular flexibility index (Phi) is 6.65. The standard InChI is InChI=1S/C26H28ClN3O3/c1-26(2,3)19-9-10-22(31)21(13-19)30-25(29-15-18-6-4-5-7-20(18)27)28-14-17-8-11-23-24(12-17)33-16-32-23/h4-13,31H,14-16H2,1-3H3,(H2,28,29,30). The lowest BCUT2D eigenvalue weighted by Gasteiger charge is -2.21. The van der Waals surface area contributed by atoms with Crippen molar-refractivity contribution in [3.05, 3.63) is 82.4 Å². The quantitative estimate of drug-likeness (QED) is 0.251. The Bertz CT molecular complexity index is 1170. The highest BCUT2D eigenvalue weighted by molar-refractivity contribution is 6.31. The molecule has 0 atom stereocenters. The molecule has 1 heterocycles. The van der Waals surface area contributed by atoms with Gasteiger partial charge in [0.25, 0.3) is 0 Å². The zero-order valence-corrected chi connectivity index (χ0v) is 19.7. The van der Waals surface area contributed by atoms with E-state index in [1.165, 1.54) is 0 Å². The van der Waals surface area contributed by atoms with E-state index in [2.05, 4.69) is 31.4 Å². The summed E-state index contributed by atoms with van der Waals surface area (Å²) in [6.07, 6.45) is 0. The van der Waals surface area contributed by atoms with Crippen molar-refractivity contribution >= 4 is 23.2 Å². The van der Waals surface area contributed by atoms with E-state index in [0.29, 0.717) is 29.8 Å². The molecule has 172 valence electrons. The first-order chi connectivity index (χ1) is 15.8. The van der Waals surface area contributed by atoms with Crippen molar-refractivity contribution in [1.82, 2.24) is 5.32 Å². The number of phenolic OH excluding ortho intramolecular Hbond substituents is 1. The zero-order valence-electron chi connectivity index (χ0n) is 19.0. The van der Waals surface area contributed by atoms with Crippen LogP contribution in [0.5, 0.6) is 17.2 Å². The van der Waals surface area contributed by atoms with Crippen molar-refractivity contribution in [3.63, 3.8) is 0 Å². The number of anilines is 1. The number of halogens is 1. The van der Waals surface area contributed by atoms with Gasteiger partial charge in [0.1, 0.15) is 5.75 Å². The number of nitrogens with one attached hydrogen (secondary N) is 2. The van der Waals surface area contributed by atoms with Crippen LogP contribution in [0.4, 0.5) is 5.69 Å². The molecule has 7 heteroatoms. The molecule has 3 N–H and O–H groups in total. The van der Waals surface area contributed by atoms with Gasteiger partial charge in [-0.3, -0.25) is 0 Å². The van der Waals surface area contributed by atoms with Gasteiger partial charge in [-0.05, 0) is 52.4 Å². The summed E-state index contributed by atoms with van der Waals surface area (Å²) in [7, 11) is 0. The molecule has 6 nitrogen and oxygen atoms in total. The number of aliphatic imine (C=N–C) groups is 1. The minimum atomic E-state index is -0.0566. The summed E-state index contributed by atoms with van der Waals surface area (Å²) in [5.41, 5.74) is 3.55. The fraction of sp³-hybridized carbons (Fsp3) is 0.269. The predicted octanol–water partition coefficient (Wildman–Crippen LogP) is 5.83. The molecule has 0 amide bonds. The van der Waals surface area contributed by atoms with Gasteiger partial charge in [0, 0.05) is 11.6 Å². The maximum atomic E-state index is 10.5. The number of benzene rings is 3. The molecule has 0 bridgehead atoms. The van der Waals surface area contributed by atoms with Gasteiger partial charge in [-0.25, -0.2) is 4.99 Å². The van der Waals surface area contributed by atoms with Crippen molar-refractivity contribution in [2.75, 3.05) is 12.1 Å². The van der Waals surface area contributed by atoms with E-state index < -0.39 is 0 Å². The van der Waals surface area contributed by atoms with Gasteiger partial charge in [-0.15, -0.1) is 0 Å². The second kappa shape index (κ2) is 9.63. The number of rotatable bonds is 5. The summed E-state index contributed by atoms with van der Waals surface area (Å²) in [5.74, 6) is 2.13. The third kappa shape index (κ3) is 5.71. The van der Waals surface area contributed by atoms with E-state index in [9.17, 15) is 5.11 Å². The predicted molar refractivity (Wildman–Crippen MR) is 132 cm³/mol. The van der Waals surface area contributed by atoms with Crippen LogP contribution in [0.15, 0.2) is 65.7 Å². The molecule has 1 aliphatic rings. The first-order valence-electron chi connectivity index (χ1n) is 10.8. The molecule has 0 saturated carbocycles. The largest absolute Gasteiger partial charge is 0.506 e. The van der Waals surface area contributed by atoms with Gasteiger partial charge in [0.15, 0.2) is 17.5 Å². The maximum absolute atomic E-state index is 10.5. The number of hydrogen-bond donors (Lipinski definition) is 3. The van der Waals surface area contributed by atoms with Gasteiger partial charge < -0.3 is 25.2 Å². The lowest BCUT2D eigenvalue weighted by Crippen LogP contribution is -2.30. The van der Waals surface area contributed by atoms with Crippen LogP contribution in [0.1, 0.15) is 37.5 Å².